The van der Waals surface area contributed by atoms with E-state index in [1.54, 1.807) is 18.2 Å². The number of nitrogens with one attached hydrogen (secondary N) is 2. The lowest BCUT2D eigenvalue weighted by Crippen LogP contribution is -2.40. The van der Waals surface area contributed by atoms with E-state index >= 15 is 0 Å². The van der Waals surface area contributed by atoms with Crippen LogP contribution >= 0.6 is 0 Å². The Bertz CT molecular complexity index is 725. The fourth-order valence-electron chi connectivity index (χ4n) is 3.93. The average molecular weight is 369 g/mol. The third-order valence-electron chi connectivity index (χ3n) is 5.31. The molecule has 2 fully saturated rings. The van der Waals surface area contributed by atoms with Gasteiger partial charge in [-0.1, -0.05) is 31.6 Å². The van der Waals surface area contributed by atoms with Gasteiger partial charge in [0.25, 0.3) is 0 Å². The molecule has 1 aliphatic heterocycles. The molecule has 0 radical (unpaired) electrons. The van der Waals surface area contributed by atoms with Gasteiger partial charge in [0.1, 0.15) is 0 Å². The van der Waals surface area contributed by atoms with Gasteiger partial charge in [-0.05, 0) is 43.0 Å². The predicted octanol–water partition coefficient (Wildman–Crippen LogP) is 2.26. The largest absolute Gasteiger partial charge is 0.351 e. The third kappa shape index (κ3) is 5.18. The van der Waals surface area contributed by atoms with Gasteiger partial charge in [-0.2, -0.15) is 0 Å². The van der Waals surface area contributed by atoms with Gasteiger partial charge in [0.2, 0.25) is 17.7 Å². The van der Waals surface area contributed by atoms with E-state index in [0.717, 1.165) is 44.2 Å². The molecule has 144 valence electrons. The van der Waals surface area contributed by atoms with Crippen LogP contribution in [0.4, 0.5) is 5.69 Å². The Morgan fingerprint density at radius 1 is 1.19 bits per heavy atom. The Morgan fingerprint density at radius 2 is 1.96 bits per heavy atom. The molecule has 1 saturated carbocycles. The third-order valence-corrected chi connectivity index (χ3v) is 5.31. The van der Waals surface area contributed by atoms with Crippen molar-refractivity contribution in [1.29, 1.82) is 0 Å². The van der Waals surface area contributed by atoms with Gasteiger partial charge in [-0.3, -0.25) is 14.4 Å². The summed E-state index contributed by atoms with van der Waals surface area (Å²) in [5, 5.41) is 5.73. The molecule has 2 aliphatic rings. The summed E-state index contributed by atoms with van der Waals surface area (Å²) in [6.45, 7) is 4.76. The molecule has 1 atom stereocenters. The Morgan fingerprint density at radius 3 is 2.70 bits per heavy atom. The zero-order valence-corrected chi connectivity index (χ0v) is 15.6. The van der Waals surface area contributed by atoms with Gasteiger partial charge < -0.3 is 15.5 Å². The van der Waals surface area contributed by atoms with Crippen molar-refractivity contribution in [3.63, 3.8) is 0 Å². The molecule has 3 amide bonds. The van der Waals surface area contributed by atoms with Crippen molar-refractivity contribution >= 4 is 23.4 Å². The van der Waals surface area contributed by atoms with E-state index in [4.69, 9.17) is 0 Å². The van der Waals surface area contributed by atoms with Crippen LogP contribution in [-0.2, 0) is 20.8 Å². The first-order valence-corrected chi connectivity index (χ1v) is 9.65. The van der Waals surface area contributed by atoms with Crippen LogP contribution in [0.1, 0.15) is 37.7 Å². The normalized spacial score (nSPS) is 19.7. The number of benzene rings is 1. The maximum atomic E-state index is 12.5. The van der Waals surface area contributed by atoms with E-state index in [-0.39, 0.29) is 36.1 Å². The summed E-state index contributed by atoms with van der Waals surface area (Å²) in [5.74, 6) is 0.0971. The first-order valence-electron chi connectivity index (χ1n) is 9.65. The molecular weight excluding hydrogens is 342 g/mol. The Hall–Kier alpha value is -2.63. The van der Waals surface area contributed by atoms with Gasteiger partial charge in [-0.15, -0.1) is 0 Å². The van der Waals surface area contributed by atoms with Gasteiger partial charge in [0.05, 0.1) is 6.42 Å². The second-order valence-corrected chi connectivity index (χ2v) is 7.39. The molecule has 1 heterocycles. The van der Waals surface area contributed by atoms with Crippen LogP contribution in [0.3, 0.4) is 0 Å². The molecule has 1 unspecified atom stereocenters. The first-order chi connectivity index (χ1) is 13.0. The SMILES string of the molecule is C=CC(=O)Nc1cccc(CC(=O)NC2CCN(C(=O)C3CCCC3)C2)c1. The van der Waals surface area contributed by atoms with E-state index < -0.39 is 0 Å². The van der Waals surface area contributed by atoms with E-state index in [1.165, 1.54) is 6.08 Å². The summed E-state index contributed by atoms with van der Waals surface area (Å²) in [4.78, 5) is 38.2. The standard InChI is InChI=1S/C21H27N3O3/c1-2-19(25)22-17-9-5-6-15(12-17)13-20(26)23-18-10-11-24(14-18)21(27)16-7-3-4-8-16/h2,5-6,9,12,16,18H,1,3-4,7-8,10-11,13-14H2,(H,22,25)(H,23,26). The van der Waals surface area contributed by atoms with E-state index in [0.29, 0.717) is 12.2 Å². The minimum atomic E-state index is -0.283. The molecule has 0 aromatic heterocycles. The maximum absolute atomic E-state index is 12.5. The van der Waals surface area contributed by atoms with Crippen molar-refractivity contribution in [2.75, 3.05) is 18.4 Å². The molecule has 3 rings (SSSR count). The maximum Gasteiger partial charge on any atom is 0.247 e. The minimum absolute atomic E-state index is 0.0199. The summed E-state index contributed by atoms with van der Waals surface area (Å²) >= 11 is 0. The minimum Gasteiger partial charge on any atom is -0.351 e. The lowest BCUT2D eigenvalue weighted by Gasteiger charge is -2.20. The quantitative estimate of drug-likeness (QED) is 0.755. The van der Waals surface area contributed by atoms with Crippen molar-refractivity contribution in [1.82, 2.24) is 10.2 Å². The van der Waals surface area contributed by atoms with Crippen LogP contribution in [0, 0.1) is 5.92 Å². The smallest absolute Gasteiger partial charge is 0.247 e. The molecule has 6 nitrogen and oxygen atoms in total. The molecule has 0 bridgehead atoms. The van der Waals surface area contributed by atoms with Crippen LogP contribution in [0.5, 0.6) is 0 Å². The number of hydrogen-bond acceptors (Lipinski definition) is 3. The molecular formula is C21H27N3O3. The predicted molar refractivity (Wildman–Crippen MR) is 104 cm³/mol. The van der Waals surface area contributed by atoms with Gasteiger partial charge in [0, 0.05) is 30.7 Å². The Balaban J connectivity index is 1.48. The fraction of sp³-hybridized carbons (Fsp3) is 0.476. The highest BCUT2D eigenvalue weighted by Gasteiger charge is 2.32. The van der Waals surface area contributed by atoms with Crippen molar-refractivity contribution in [3.8, 4) is 0 Å². The highest BCUT2D eigenvalue weighted by molar-refractivity contribution is 5.99. The molecule has 0 spiro atoms. The molecule has 6 heteroatoms. The summed E-state index contributed by atoms with van der Waals surface area (Å²) < 4.78 is 0. The highest BCUT2D eigenvalue weighted by atomic mass is 16.2. The number of hydrogen-bond donors (Lipinski definition) is 2. The van der Waals surface area contributed by atoms with Crippen molar-refractivity contribution in [2.24, 2.45) is 5.92 Å². The van der Waals surface area contributed by atoms with Crippen molar-refractivity contribution in [2.45, 2.75) is 44.6 Å². The second-order valence-electron chi connectivity index (χ2n) is 7.39. The summed E-state index contributed by atoms with van der Waals surface area (Å²) in [5.41, 5.74) is 1.46. The molecule has 1 aliphatic carbocycles. The number of anilines is 1. The number of carbonyl (C=O) groups is 3. The van der Waals surface area contributed by atoms with Crippen LogP contribution in [-0.4, -0.2) is 41.8 Å². The van der Waals surface area contributed by atoms with Gasteiger partial charge in [-0.25, -0.2) is 0 Å². The molecule has 2 N–H and O–H groups in total. The number of amides is 3. The monoisotopic (exact) mass is 369 g/mol. The number of carbonyl (C=O) groups excluding carboxylic acids is 3. The van der Waals surface area contributed by atoms with Crippen molar-refractivity contribution < 1.29 is 14.4 Å². The number of likely N-dealkylation sites (tertiary alicyclic amines) is 1. The van der Waals surface area contributed by atoms with Crippen LogP contribution < -0.4 is 10.6 Å². The van der Waals surface area contributed by atoms with E-state index in [1.807, 2.05) is 11.0 Å². The van der Waals surface area contributed by atoms with Crippen LogP contribution in [0.25, 0.3) is 0 Å². The van der Waals surface area contributed by atoms with E-state index in [2.05, 4.69) is 17.2 Å². The molecule has 1 aromatic rings. The molecule has 27 heavy (non-hydrogen) atoms. The molecule has 1 aromatic carbocycles. The van der Waals surface area contributed by atoms with Crippen LogP contribution in [0.15, 0.2) is 36.9 Å². The lowest BCUT2D eigenvalue weighted by molar-refractivity contribution is -0.134. The summed E-state index contributed by atoms with van der Waals surface area (Å²) in [6.07, 6.45) is 6.56. The van der Waals surface area contributed by atoms with Gasteiger partial charge >= 0.3 is 0 Å². The summed E-state index contributed by atoms with van der Waals surface area (Å²) in [7, 11) is 0. The lowest BCUT2D eigenvalue weighted by atomic mass is 10.1. The zero-order chi connectivity index (χ0) is 19.2. The number of rotatable bonds is 6. The topological polar surface area (TPSA) is 78.5 Å². The second kappa shape index (κ2) is 8.84. The first kappa shape index (κ1) is 19.1. The average Bonchev–Trinajstić information content (AvgIpc) is 3.33. The highest BCUT2D eigenvalue weighted by Crippen LogP contribution is 2.27. The number of nitrogens with zero attached hydrogens (tertiary/aromatic N) is 1. The van der Waals surface area contributed by atoms with Crippen LogP contribution in [0.2, 0.25) is 0 Å². The Labute approximate surface area is 160 Å². The van der Waals surface area contributed by atoms with Crippen molar-refractivity contribution in [3.05, 3.63) is 42.5 Å². The summed E-state index contributed by atoms with van der Waals surface area (Å²) in [6, 6.07) is 7.23. The fourth-order valence-corrected chi connectivity index (χ4v) is 3.93. The molecule has 1 saturated heterocycles. The van der Waals surface area contributed by atoms with E-state index in [9.17, 15) is 14.4 Å². The Kier molecular flexibility index (Phi) is 6.27. The van der Waals surface area contributed by atoms with Gasteiger partial charge in [0.15, 0.2) is 0 Å². The zero-order valence-electron chi connectivity index (χ0n) is 15.6.